The summed E-state index contributed by atoms with van der Waals surface area (Å²) >= 11 is 0. The predicted molar refractivity (Wildman–Crippen MR) is 125 cm³/mol. The average molecular weight is 424 g/mol. The lowest BCUT2D eigenvalue weighted by Crippen LogP contribution is -2.25. The Morgan fingerprint density at radius 3 is 2.69 bits per heavy atom. The van der Waals surface area contributed by atoms with Crippen LogP contribution in [0.15, 0.2) is 67.3 Å². The quantitative estimate of drug-likeness (QED) is 0.364. The van der Waals surface area contributed by atoms with Gasteiger partial charge in [-0.15, -0.1) is 0 Å². The summed E-state index contributed by atoms with van der Waals surface area (Å²) in [5.74, 6) is 7.23. The van der Waals surface area contributed by atoms with Crippen molar-refractivity contribution in [1.82, 2.24) is 25.1 Å². The number of hydrogen-bond acceptors (Lipinski definition) is 3. The van der Waals surface area contributed by atoms with Crippen LogP contribution in [0, 0.1) is 25.7 Å². The minimum absolute atomic E-state index is 0.107. The van der Waals surface area contributed by atoms with Gasteiger partial charge in [0.25, 0.3) is 5.91 Å². The molecule has 0 saturated heterocycles. The molecule has 1 amide bonds. The third kappa shape index (κ3) is 5.13. The van der Waals surface area contributed by atoms with E-state index >= 15 is 0 Å². The number of carbonyl (C=O) groups is 1. The van der Waals surface area contributed by atoms with Crippen molar-refractivity contribution in [3.63, 3.8) is 0 Å². The molecule has 0 radical (unpaired) electrons. The summed E-state index contributed by atoms with van der Waals surface area (Å²) in [7, 11) is 0. The zero-order valence-corrected chi connectivity index (χ0v) is 18.2. The molecule has 160 valence electrons. The number of amides is 1. The predicted octanol–water partition coefficient (Wildman–Crippen LogP) is 3.97. The Morgan fingerprint density at radius 2 is 1.97 bits per heavy atom. The SMILES string of the molecule is Cc1ccc(C#Cc2cc(C(=O)NCCCc3cn[nH]c3)ccc2-n2ccnc2C)cc1. The van der Waals surface area contributed by atoms with Crippen molar-refractivity contribution in [2.75, 3.05) is 6.54 Å². The van der Waals surface area contributed by atoms with Gasteiger partial charge in [0.2, 0.25) is 0 Å². The lowest BCUT2D eigenvalue weighted by Gasteiger charge is -2.11. The number of carbonyl (C=O) groups excluding carboxylic acids is 1. The van der Waals surface area contributed by atoms with Gasteiger partial charge in [-0.1, -0.05) is 29.5 Å². The van der Waals surface area contributed by atoms with Gasteiger partial charge in [0, 0.05) is 41.8 Å². The van der Waals surface area contributed by atoms with Crippen molar-refractivity contribution in [2.24, 2.45) is 0 Å². The van der Waals surface area contributed by atoms with Gasteiger partial charge >= 0.3 is 0 Å². The molecule has 0 saturated carbocycles. The summed E-state index contributed by atoms with van der Waals surface area (Å²) in [6.07, 6.45) is 9.04. The molecular formula is C26H25N5O. The van der Waals surface area contributed by atoms with Crippen LogP contribution in [-0.2, 0) is 6.42 Å². The van der Waals surface area contributed by atoms with Crippen LogP contribution in [0.2, 0.25) is 0 Å². The second kappa shape index (κ2) is 9.80. The first-order valence-corrected chi connectivity index (χ1v) is 10.6. The normalized spacial score (nSPS) is 10.4. The Labute approximate surface area is 187 Å². The third-order valence-electron chi connectivity index (χ3n) is 5.22. The number of H-pyrrole nitrogens is 1. The molecule has 2 heterocycles. The fourth-order valence-electron chi connectivity index (χ4n) is 3.41. The topological polar surface area (TPSA) is 75.6 Å². The summed E-state index contributed by atoms with van der Waals surface area (Å²) in [5.41, 5.74) is 5.51. The van der Waals surface area contributed by atoms with E-state index in [1.165, 1.54) is 5.56 Å². The molecule has 4 aromatic rings. The molecule has 0 bridgehead atoms. The maximum atomic E-state index is 12.7. The van der Waals surface area contributed by atoms with Crippen molar-refractivity contribution >= 4 is 5.91 Å². The number of rotatable bonds is 6. The zero-order valence-electron chi connectivity index (χ0n) is 18.2. The number of benzene rings is 2. The molecule has 2 aromatic carbocycles. The van der Waals surface area contributed by atoms with Crippen LogP contribution in [0.25, 0.3) is 5.69 Å². The molecule has 0 atom stereocenters. The van der Waals surface area contributed by atoms with Crippen molar-refractivity contribution in [1.29, 1.82) is 0 Å². The smallest absolute Gasteiger partial charge is 0.251 e. The second-order valence-electron chi connectivity index (χ2n) is 7.66. The van der Waals surface area contributed by atoms with E-state index in [0.29, 0.717) is 12.1 Å². The first-order chi connectivity index (χ1) is 15.6. The van der Waals surface area contributed by atoms with Crippen LogP contribution >= 0.6 is 0 Å². The minimum atomic E-state index is -0.107. The van der Waals surface area contributed by atoms with Crippen LogP contribution in [0.3, 0.4) is 0 Å². The van der Waals surface area contributed by atoms with Gasteiger partial charge in [-0.25, -0.2) is 4.98 Å². The number of imidazole rings is 1. The van der Waals surface area contributed by atoms with E-state index in [-0.39, 0.29) is 5.91 Å². The van der Waals surface area contributed by atoms with E-state index in [4.69, 9.17) is 0 Å². The molecule has 2 aromatic heterocycles. The molecule has 6 heteroatoms. The van der Waals surface area contributed by atoms with Gasteiger partial charge < -0.3 is 9.88 Å². The fourth-order valence-corrected chi connectivity index (χ4v) is 3.41. The van der Waals surface area contributed by atoms with Gasteiger partial charge in [0.1, 0.15) is 5.82 Å². The van der Waals surface area contributed by atoms with E-state index in [2.05, 4.69) is 39.3 Å². The Hall–Kier alpha value is -4.11. The monoisotopic (exact) mass is 423 g/mol. The summed E-state index contributed by atoms with van der Waals surface area (Å²) in [6, 6.07) is 13.7. The maximum Gasteiger partial charge on any atom is 0.251 e. The van der Waals surface area contributed by atoms with Crippen LogP contribution in [0.1, 0.15) is 44.9 Å². The number of nitrogens with zero attached hydrogens (tertiary/aromatic N) is 3. The summed E-state index contributed by atoms with van der Waals surface area (Å²) in [6.45, 7) is 4.59. The van der Waals surface area contributed by atoms with Crippen molar-refractivity contribution in [3.8, 4) is 17.5 Å². The van der Waals surface area contributed by atoms with Crippen LogP contribution in [0.4, 0.5) is 0 Å². The molecule has 0 unspecified atom stereocenters. The largest absolute Gasteiger partial charge is 0.352 e. The maximum absolute atomic E-state index is 12.7. The van der Waals surface area contributed by atoms with Crippen LogP contribution < -0.4 is 5.32 Å². The molecule has 0 aliphatic rings. The number of hydrogen-bond donors (Lipinski definition) is 2. The molecule has 4 rings (SSSR count). The highest BCUT2D eigenvalue weighted by molar-refractivity contribution is 5.95. The van der Waals surface area contributed by atoms with Gasteiger partial charge in [-0.3, -0.25) is 9.89 Å². The fraction of sp³-hybridized carbons (Fsp3) is 0.192. The minimum Gasteiger partial charge on any atom is -0.352 e. The van der Waals surface area contributed by atoms with E-state index in [9.17, 15) is 4.79 Å². The summed E-state index contributed by atoms with van der Waals surface area (Å²) in [4.78, 5) is 17.1. The number of nitrogens with one attached hydrogen (secondary N) is 2. The highest BCUT2D eigenvalue weighted by atomic mass is 16.1. The van der Waals surface area contributed by atoms with Crippen LogP contribution in [-0.4, -0.2) is 32.2 Å². The number of aromatic nitrogens is 4. The van der Waals surface area contributed by atoms with Crippen LogP contribution in [0.5, 0.6) is 0 Å². The highest BCUT2D eigenvalue weighted by Gasteiger charge is 2.11. The second-order valence-corrected chi connectivity index (χ2v) is 7.66. The Kier molecular flexibility index (Phi) is 6.47. The average Bonchev–Trinajstić information content (AvgIpc) is 3.48. The van der Waals surface area contributed by atoms with E-state index in [1.54, 1.807) is 12.4 Å². The molecule has 6 nitrogen and oxygen atoms in total. The van der Waals surface area contributed by atoms with Gasteiger partial charge in [-0.05, 0) is 62.6 Å². The van der Waals surface area contributed by atoms with E-state index < -0.39 is 0 Å². The molecule has 0 spiro atoms. The van der Waals surface area contributed by atoms with Crippen molar-refractivity contribution < 1.29 is 4.79 Å². The Bertz CT molecular complexity index is 1260. The van der Waals surface area contributed by atoms with E-state index in [1.807, 2.05) is 66.3 Å². The Balaban J connectivity index is 1.55. The van der Waals surface area contributed by atoms with Crippen molar-refractivity contribution in [2.45, 2.75) is 26.7 Å². The molecule has 0 aliphatic heterocycles. The molecule has 32 heavy (non-hydrogen) atoms. The van der Waals surface area contributed by atoms with Crippen molar-refractivity contribution in [3.05, 3.63) is 101 Å². The van der Waals surface area contributed by atoms with Gasteiger partial charge in [-0.2, -0.15) is 5.10 Å². The number of aromatic amines is 1. The number of aryl methyl sites for hydroxylation is 3. The van der Waals surface area contributed by atoms with Gasteiger partial charge in [0.05, 0.1) is 11.9 Å². The summed E-state index contributed by atoms with van der Waals surface area (Å²) < 4.78 is 1.98. The van der Waals surface area contributed by atoms with Gasteiger partial charge in [0.15, 0.2) is 0 Å². The molecular weight excluding hydrogens is 398 g/mol. The first-order valence-electron chi connectivity index (χ1n) is 10.6. The Morgan fingerprint density at radius 1 is 1.12 bits per heavy atom. The van der Waals surface area contributed by atoms with E-state index in [0.717, 1.165) is 41.0 Å². The lowest BCUT2D eigenvalue weighted by molar-refractivity contribution is 0.0953. The lowest BCUT2D eigenvalue weighted by atomic mass is 10.1. The molecule has 2 N–H and O–H groups in total. The molecule has 0 fully saturated rings. The molecule has 0 aliphatic carbocycles. The summed E-state index contributed by atoms with van der Waals surface area (Å²) in [5, 5.41) is 9.74. The highest BCUT2D eigenvalue weighted by Crippen LogP contribution is 2.18. The zero-order chi connectivity index (χ0) is 22.3. The standard InChI is InChI=1S/C26H25N5O/c1-19-5-7-21(8-6-19)9-10-23-16-24(11-12-25(23)31-15-14-27-20(31)2)26(32)28-13-3-4-22-17-29-30-18-22/h5-8,11-12,14-18H,3-4,13H2,1-2H3,(H,28,32)(H,29,30). The first kappa shape index (κ1) is 21.1. The third-order valence-corrected chi connectivity index (χ3v) is 5.22.